The largest absolute Gasteiger partial charge is 0.379 e. The molecule has 1 saturated carbocycles. The number of nitrogens with zero attached hydrogens (tertiary/aromatic N) is 1. The molecule has 0 radical (unpaired) electrons. The van der Waals surface area contributed by atoms with Crippen LogP contribution in [0.5, 0.6) is 0 Å². The number of hydrogen-bond acceptors (Lipinski definition) is 4. The van der Waals surface area contributed by atoms with Crippen molar-refractivity contribution in [1.29, 1.82) is 0 Å². The Bertz CT molecular complexity index is 244. The van der Waals surface area contributed by atoms with Crippen LogP contribution in [-0.4, -0.2) is 37.4 Å². The molecular weight excluding hydrogens is 210 g/mol. The van der Waals surface area contributed by atoms with E-state index in [0.717, 1.165) is 0 Å². The van der Waals surface area contributed by atoms with E-state index >= 15 is 0 Å². The van der Waals surface area contributed by atoms with Crippen LogP contribution in [-0.2, 0) is 9.47 Å². The minimum absolute atomic E-state index is 0.0198. The molecule has 0 amide bonds. The van der Waals surface area contributed by atoms with Gasteiger partial charge in [0.1, 0.15) is 0 Å². The van der Waals surface area contributed by atoms with Crippen molar-refractivity contribution in [2.45, 2.75) is 44.9 Å². The van der Waals surface area contributed by atoms with E-state index in [-0.39, 0.29) is 23.0 Å². The van der Waals surface area contributed by atoms with Crippen LogP contribution < -0.4 is 0 Å². The lowest BCUT2D eigenvalue weighted by Gasteiger charge is -2.37. The zero-order valence-corrected chi connectivity index (χ0v) is 10.4. The lowest BCUT2D eigenvalue weighted by atomic mass is 9.75. The summed E-state index contributed by atoms with van der Waals surface area (Å²) in [7, 11) is 3.23. The average molecular weight is 231 g/mol. The second-order valence-electron chi connectivity index (χ2n) is 4.78. The number of ether oxygens (including phenoxy) is 2. The molecule has 4 atom stereocenters. The van der Waals surface area contributed by atoms with Gasteiger partial charge in [-0.15, -0.1) is 0 Å². The van der Waals surface area contributed by atoms with Gasteiger partial charge in [0.15, 0.2) is 0 Å². The summed E-state index contributed by atoms with van der Waals surface area (Å²) in [5, 5.41) is 11.0. The van der Waals surface area contributed by atoms with Crippen molar-refractivity contribution in [1.82, 2.24) is 0 Å². The van der Waals surface area contributed by atoms with E-state index in [4.69, 9.17) is 9.47 Å². The van der Waals surface area contributed by atoms with E-state index in [1.807, 2.05) is 13.8 Å². The summed E-state index contributed by atoms with van der Waals surface area (Å²) in [6, 6.07) is -0.503. The maximum absolute atomic E-state index is 11.0. The Kier molecular flexibility index (Phi) is 4.68. The van der Waals surface area contributed by atoms with Gasteiger partial charge in [0, 0.05) is 31.5 Å². The van der Waals surface area contributed by atoms with E-state index in [9.17, 15) is 10.1 Å². The van der Waals surface area contributed by atoms with Crippen LogP contribution in [0.2, 0.25) is 0 Å². The van der Waals surface area contributed by atoms with Crippen LogP contribution in [0, 0.1) is 22.0 Å². The van der Waals surface area contributed by atoms with Crippen molar-refractivity contribution < 1.29 is 14.4 Å². The molecule has 0 aliphatic heterocycles. The van der Waals surface area contributed by atoms with Gasteiger partial charge in [-0.05, 0) is 12.3 Å². The molecule has 5 nitrogen and oxygen atoms in total. The van der Waals surface area contributed by atoms with Crippen molar-refractivity contribution in [3.05, 3.63) is 10.1 Å². The van der Waals surface area contributed by atoms with Gasteiger partial charge in [0.25, 0.3) is 0 Å². The SMILES string of the molecule is COC1CC(C(C)C)C([N+](=O)[O-])CC1OC. The summed E-state index contributed by atoms with van der Waals surface area (Å²) in [6.45, 7) is 4.06. The maximum Gasteiger partial charge on any atom is 0.218 e. The summed E-state index contributed by atoms with van der Waals surface area (Å²) >= 11 is 0. The lowest BCUT2D eigenvalue weighted by molar-refractivity contribution is -0.541. The van der Waals surface area contributed by atoms with E-state index in [1.54, 1.807) is 14.2 Å². The first-order valence-corrected chi connectivity index (χ1v) is 5.70. The predicted molar refractivity (Wildman–Crippen MR) is 59.9 cm³/mol. The zero-order valence-electron chi connectivity index (χ0n) is 10.4. The highest BCUT2D eigenvalue weighted by Crippen LogP contribution is 2.34. The molecule has 0 N–H and O–H groups in total. The summed E-state index contributed by atoms with van der Waals surface area (Å²) < 4.78 is 10.6. The first-order chi connectivity index (χ1) is 7.51. The Labute approximate surface area is 96.3 Å². The molecule has 0 saturated heterocycles. The third-order valence-electron chi connectivity index (χ3n) is 3.62. The van der Waals surface area contributed by atoms with Crippen molar-refractivity contribution in [3.8, 4) is 0 Å². The normalized spacial score (nSPS) is 35.3. The molecule has 0 aromatic carbocycles. The van der Waals surface area contributed by atoms with Crippen LogP contribution in [0.4, 0.5) is 0 Å². The van der Waals surface area contributed by atoms with Gasteiger partial charge in [-0.2, -0.15) is 0 Å². The van der Waals surface area contributed by atoms with E-state index in [1.165, 1.54) is 0 Å². The number of nitro groups is 1. The van der Waals surface area contributed by atoms with Gasteiger partial charge < -0.3 is 9.47 Å². The standard InChI is InChI=1S/C11H21NO4/c1-7(2)8-5-10(15-3)11(16-4)6-9(8)12(13)14/h7-11H,5-6H2,1-4H3. The van der Waals surface area contributed by atoms with Gasteiger partial charge in [-0.25, -0.2) is 0 Å². The minimum Gasteiger partial charge on any atom is -0.379 e. The first-order valence-electron chi connectivity index (χ1n) is 5.70. The Balaban J connectivity index is 2.80. The quantitative estimate of drug-likeness (QED) is 0.546. The fourth-order valence-corrected chi connectivity index (χ4v) is 2.60. The zero-order chi connectivity index (χ0) is 12.3. The third kappa shape index (κ3) is 2.71. The molecule has 16 heavy (non-hydrogen) atoms. The molecule has 1 aliphatic carbocycles. The summed E-state index contributed by atoms with van der Waals surface area (Å²) in [6.07, 6.45) is 0.979. The van der Waals surface area contributed by atoms with Crippen molar-refractivity contribution in [2.24, 2.45) is 11.8 Å². The third-order valence-corrected chi connectivity index (χ3v) is 3.62. The topological polar surface area (TPSA) is 61.6 Å². The van der Waals surface area contributed by atoms with Crippen LogP contribution in [0.3, 0.4) is 0 Å². The fraction of sp³-hybridized carbons (Fsp3) is 1.00. The van der Waals surface area contributed by atoms with E-state index in [2.05, 4.69) is 0 Å². The molecule has 1 rings (SSSR count). The lowest BCUT2D eigenvalue weighted by Crippen LogP contribution is -2.48. The second kappa shape index (κ2) is 5.59. The second-order valence-corrected chi connectivity index (χ2v) is 4.78. The van der Waals surface area contributed by atoms with Crippen molar-refractivity contribution in [3.63, 3.8) is 0 Å². The molecule has 0 spiro atoms. The first kappa shape index (κ1) is 13.4. The van der Waals surface area contributed by atoms with E-state index < -0.39 is 6.04 Å². The molecule has 1 aliphatic rings. The maximum atomic E-state index is 11.0. The van der Waals surface area contributed by atoms with Gasteiger partial charge >= 0.3 is 0 Å². The Hall–Kier alpha value is -0.680. The molecule has 0 aromatic heterocycles. The molecule has 1 fully saturated rings. The minimum atomic E-state index is -0.503. The van der Waals surface area contributed by atoms with Crippen molar-refractivity contribution >= 4 is 0 Å². The monoisotopic (exact) mass is 231 g/mol. The molecular formula is C11H21NO4. The van der Waals surface area contributed by atoms with Crippen LogP contribution in [0.25, 0.3) is 0 Å². The van der Waals surface area contributed by atoms with Gasteiger partial charge in [-0.1, -0.05) is 13.8 Å². The number of rotatable bonds is 4. The average Bonchev–Trinajstić information content (AvgIpc) is 2.26. The highest BCUT2D eigenvalue weighted by molar-refractivity contribution is 4.88. The molecule has 4 unspecified atom stereocenters. The molecule has 0 aromatic rings. The number of methoxy groups -OCH3 is 2. The predicted octanol–water partition coefficient (Wildman–Crippen LogP) is 1.73. The summed E-state index contributed by atoms with van der Waals surface area (Å²) in [4.78, 5) is 10.9. The van der Waals surface area contributed by atoms with Gasteiger partial charge in [-0.3, -0.25) is 10.1 Å². The summed E-state index contributed by atoms with van der Waals surface area (Å²) in [5.41, 5.74) is 0. The highest BCUT2D eigenvalue weighted by Gasteiger charge is 2.44. The Morgan fingerprint density at radius 3 is 2.06 bits per heavy atom. The molecule has 0 heterocycles. The smallest absolute Gasteiger partial charge is 0.218 e. The molecule has 94 valence electrons. The highest BCUT2D eigenvalue weighted by atomic mass is 16.6. The van der Waals surface area contributed by atoms with E-state index in [0.29, 0.717) is 18.8 Å². The fourth-order valence-electron chi connectivity index (χ4n) is 2.60. The Morgan fingerprint density at radius 2 is 1.69 bits per heavy atom. The number of hydrogen-bond donors (Lipinski definition) is 0. The van der Waals surface area contributed by atoms with Crippen molar-refractivity contribution in [2.75, 3.05) is 14.2 Å². The van der Waals surface area contributed by atoms with Crippen LogP contribution in [0.15, 0.2) is 0 Å². The Morgan fingerprint density at radius 1 is 1.19 bits per heavy atom. The summed E-state index contributed by atoms with van der Waals surface area (Å²) in [5.74, 6) is 0.372. The van der Waals surface area contributed by atoms with Crippen LogP contribution in [0.1, 0.15) is 26.7 Å². The van der Waals surface area contributed by atoms with Gasteiger partial charge in [0.2, 0.25) is 6.04 Å². The molecule has 5 heteroatoms. The van der Waals surface area contributed by atoms with Gasteiger partial charge in [0.05, 0.1) is 12.2 Å². The van der Waals surface area contributed by atoms with Crippen LogP contribution >= 0.6 is 0 Å². The molecule has 0 bridgehead atoms.